The zero-order chi connectivity index (χ0) is 20.2. The number of halogens is 7. The summed E-state index contributed by atoms with van der Waals surface area (Å²) in [4.78, 5) is 12.2. The van der Waals surface area contributed by atoms with Gasteiger partial charge in [-0.05, 0) is 32.0 Å². The smallest absolute Gasteiger partial charge is 0.422 e. The van der Waals surface area contributed by atoms with Crippen LogP contribution in [0.3, 0.4) is 0 Å². The van der Waals surface area contributed by atoms with Crippen LogP contribution in [0.5, 0.6) is 11.5 Å². The molecule has 0 unspecified atom stereocenters. The van der Waals surface area contributed by atoms with E-state index in [9.17, 15) is 31.1 Å². The summed E-state index contributed by atoms with van der Waals surface area (Å²) in [6.07, 6.45) is -9.27. The molecule has 0 saturated carbocycles. The molecule has 0 saturated heterocycles. The molecular weight excluding hydrogens is 406 g/mol. The first-order valence-corrected chi connectivity index (χ1v) is 7.26. The second kappa shape index (κ2) is 9.36. The third-order valence-corrected chi connectivity index (χ3v) is 2.69. The number of hydrogen-bond donors (Lipinski definition) is 2. The lowest BCUT2D eigenvalue weighted by Gasteiger charge is -2.20. The van der Waals surface area contributed by atoms with Crippen LogP contribution in [0.2, 0.25) is 0 Å². The van der Waals surface area contributed by atoms with E-state index in [2.05, 4.69) is 14.8 Å². The van der Waals surface area contributed by atoms with Gasteiger partial charge in [-0.1, -0.05) is 0 Å². The van der Waals surface area contributed by atoms with Crippen molar-refractivity contribution in [1.29, 1.82) is 0 Å². The minimum Gasteiger partial charge on any atom is -0.484 e. The fraction of sp³-hybridized carbons (Fsp3) is 0.533. The number of ether oxygens (including phenoxy) is 2. The van der Waals surface area contributed by atoms with Crippen LogP contribution in [-0.4, -0.2) is 43.6 Å². The number of rotatable bonds is 7. The van der Waals surface area contributed by atoms with Crippen molar-refractivity contribution >= 4 is 18.3 Å². The fourth-order valence-corrected chi connectivity index (χ4v) is 1.63. The Balaban J connectivity index is 0.00000676. The number of carbonyl (C=O) groups is 1. The van der Waals surface area contributed by atoms with E-state index in [4.69, 9.17) is 5.73 Å². The van der Waals surface area contributed by atoms with Crippen LogP contribution in [0, 0.1) is 0 Å². The first-order chi connectivity index (χ1) is 11.7. The first kappa shape index (κ1) is 25.1. The summed E-state index contributed by atoms with van der Waals surface area (Å²) in [6, 6.07) is 2.78. The van der Waals surface area contributed by atoms with Gasteiger partial charge >= 0.3 is 12.4 Å². The molecule has 0 aliphatic carbocycles. The number of nitrogens with two attached hydrogens (primary N) is 1. The van der Waals surface area contributed by atoms with Gasteiger partial charge in [0.1, 0.15) is 11.5 Å². The van der Waals surface area contributed by atoms with Gasteiger partial charge in [-0.25, -0.2) is 0 Å². The van der Waals surface area contributed by atoms with E-state index >= 15 is 0 Å². The summed E-state index contributed by atoms with van der Waals surface area (Å²) in [6.45, 7) is -0.127. The van der Waals surface area contributed by atoms with Crippen LogP contribution in [0.15, 0.2) is 18.2 Å². The molecule has 0 atom stereocenters. The maximum Gasteiger partial charge on any atom is 0.422 e. The predicted octanol–water partition coefficient (Wildman–Crippen LogP) is 3.46. The van der Waals surface area contributed by atoms with E-state index in [0.29, 0.717) is 0 Å². The van der Waals surface area contributed by atoms with Gasteiger partial charge in [0.2, 0.25) is 0 Å². The highest BCUT2D eigenvalue weighted by atomic mass is 35.5. The van der Waals surface area contributed by atoms with Crippen molar-refractivity contribution in [2.45, 2.75) is 31.7 Å². The summed E-state index contributed by atoms with van der Waals surface area (Å²) < 4.78 is 82.7. The molecule has 0 spiro atoms. The average molecular weight is 425 g/mol. The highest BCUT2D eigenvalue weighted by molar-refractivity contribution is 5.97. The van der Waals surface area contributed by atoms with Gasteiger partial charge in [0.15, 0.2) is 13.2 Å². The van der Waals surface area contributed by atoms with E-state index in [-0.39, 0.29) is 24.7 Å². The van der Waals surface area contributed by atoms with Crippen molar-refractivity contribution < 1.29 is 40.6 Å². The monoisotopic (exact) mass is 424 g/mol. The molecule has 0 fully saturated rings. The summed E-state index contributed by atoms with van der Waals surface area (Å²) in [5.41, 5.74) is 4.48. The SMILES string of the molecule is CC(C)(N)CNC(=O)c1cc(OCC(F)(F)F)ccc1OCC(F)(F)F.Cl. The van der Waals surface area contributed by atoms with Crippen molar-refractivity contribution in [2.24, 2.45) is 5.73 Å². The molecular formula is C15H19ClF6N2O3. The quantitative estimate of drug-likeness (QED) is 0.657. The van der Waals surface area contributed by atoms with Gasteiger partial charge in [0.05, 0.1) is 5.56 Å². The van der Waals surface area contributed by atoms with Crippen molar-refractivity contribution in [3.8, 4) is 11.5 Å². The number of hydrogen-bond acceptors (Lipinski definition) is 4. The lowest BCUT2D eigenvalue weighted by molar-refractivity contribution is -0.154. The zero-order valence-corrected chi connectivity index (χ0v) is 15.1. The third-order valence-electron chi connectivity index (χ3n) is 2.69. The maximum absolute atomic E-state index is 12.3. The molecule has 5 nitrogen and oxygen atoms in total. The molecule has 27 heavy (non-hydrogen) atoms. The molecule has 3 N–H and O–H groups in total. The average Bonchev–Trinajstić information content (AvgIpc) is 2.46. The number of alkyl halides is 6. The summed E-state index contributed by atoms with van der Waals surface area (Å²) in [7, 11) is 0. The van der Waals surface area contributed by atoms with E-state index in [1.54, 1.807) is 13.8 Å². The molecule has 0 heterocycles. The van der Waals surface area contributed by atoms with Crippen molar-refractivity contribution in [2.75, 3.05) is 19.8 Å². The second-order valence-corrected chi connectivity index (χ2v) is 6.14. The van der Waals surface area contributed by atoms with Gasteiger partial charge in [0, 0.05) is 12.1 Å². The highest BCUT2D eigenvalue weighted by Crippen LogP contribution is 2.27. The molecule has 0 aliphatic heterocycles. The normalized spacial score (nSPS) is 12.2. The van der Waals surface area contributed by atoms with E-state index in [1.807, 2.05) is 0 Å². The van der Waals surface area contributed by atoms with Crippen LogP contribution in [-0.2, 0) is 0 Å². The molecule has 0 aromatic heterocycles. The first-order valence-electron chi connectivity index (χ1n) is 7.26. The van der Waals surface area contributed by atoms with Crippen molar-refractivity contribution in [3.63, 3.8) is 0 Å². The van der Waals surface area contributed by atoms with E-state index in [0.717, 1.165) is 18.2 Å². The van der Waals surface area contributed by atoms with Crippen LogP contribution < -0.4 is 20.5 Å². The Labute approximate surface area is 157 Å². The van der Waals surface area contributed by atoms with Crippen LogP contribution in [0.1, 0.15) is 24.2 Å². The topological polar surface area (TPSA) is 73.6 Å². The number of benzene rings is 1. The lowest BCUT2D eigenvalue weighted by Crippen LogP contribution is -2.45. The predicted molar refractivity (Wildman–Crippen MR) is 87.4 cm³/mol. The van der Waals surface area contributed by atoms with E-state index < -0.39 is 48.3 Å². The molecule has 0 aliphatic rings. The minimum atomic E-state index is -4.65. The molecule has 1 rings (SSSR count). The zero-order valence-electron chi connectivity index (χ0n) is 14.3. The van der Waals surface area contributed by atoms with Crippen LogP contribution in [0.25, 0.3) is 0 Å². The molecule has 1 aromatic carbocycles. The Morgan fingerprint density at radius 1 is 1.04 bits per heavy atom. The van der Waals surface area contributed by atoms with Gasteiger partial charge in [0.25, 0.3) is 5.91 Å². The largest absolute Gasteiger partial charge is 0.484 e. The number of carbonyl (C=O) groups excluding carboxylic acids is 1. The third kappa shape index (κ3) is 10.8. The van der Waals surface area contributed by atoms with E-state index in [1.165, 1.54) is 0 Å². The second-order valence-electron chi connectivity index (χ2n) is 6.14. The fourth-order valence-electron chi connectivity index (χ4n) is 1.63. The summed E-state index contributed by atoms with van der Waals surface area (Å²) >= 11 is 0. The molecule has 156 valence electrons. The van der Waals surface area contributed by atoms with Crippen LogP contribution in [0.4, 0.5) is 26.3 Å². The molecule has 1 amide bonds. The maximum atomic E-state index is 12.3. The highest BCUT2D eigenvalue weighted by Gasteiger charge is 2.30. The van der Waals surface area contributed by atoms with Crippen molar-refractivity contribution in [3.05, 3.63) is 23.8 Å². The Bertz CT molecular complexity index is 629. The molecule has 1 aromatic rings. The minimum absolute atomic E-state index is 0. The van der Waals surface area contributed by atoms with Crippen LogP contribution >= 0.6 is 12.4 Å². The molecule has 0 radical (unpaired) electrons. The van der Waals surface area contributed by atoms with Gasteiger partial charge in [-0.3, -0.25) is 4.79 Å². The van der Waals surface area contributed by atoms with Crippen molar-refractivity contribution in [1.82, 2.24) is 5.32 Å². The Kier molecular flexibility index (Phi) is 8.71. The summed E-state index contributed by atoms with van der Waals surface area (Å²) in [5.74, 6) is -1.66. The Morgan fingerprint density at radius 3 is 2.04 bits per heavy atom. The Hall–Kier alpha value is -1.88. The summed E-state index contributed by atoms with van der Waals surface area (Å²) in [5, 5.41) is 2.37. The van der Waals surface area contributed by atoms with Gasteiger partial charge < -0.3 is 20.5 Å². The lowest BCUT2D eigenvalue weighted by atomic mass is 10.1. The van der Waals surface area contributed by atoms with Gasteiger partial charge in [-0.2, -0.15) is 26.3 Å². The standard InChI is InChI=1S/C15H18F6N2O3.ClH/c1-13(2,22)6-23-12(24)10-5-9(25-7-14(16,17)18)3-4-11(10)26-8-15(19,20)21;/h3-5H,6-8,22H2,1-2H3,(H,23,24);1H. The molecule has 12 heteroatoms. The molecule has 0 bridgehead atoms. The number of nitrogens with one attached hydrogen (secondary N) is 1. The Morgan fingerprint density at radius 2 is 1.56 bits per heavy atom. The number of amides is 1. The van der Waals surface area contributed by atoms with Gasteiger partial charge in [-0.15, -0.1) is 12.4 Å².